The van der Waals surface area contributed by atoms with Crippen LogP contribution in [0.1, 0.15) is 6.92 Å². The van der Waals surface area contributed by atoms with Crippen molar-refractivity contribution in [3.05, 3.63) is 36.5 Å². The molecule has 10 nitrogen and oxygen atoms in total. The monoisotopic (exact) mass is 405 g/mol. The molecule has 148 valence electrons. The molecule has 28 heavy (non-hydrogen) atoms. The summed E-state index contributed by atoms with van der Waals surface area (Å²) in [4.78, 5) is 9.72. The van der Waals surface area contributed by atoms with Gasteiger partial charge in [0.05, 0.1) is 30.8 Å². The summed E-state index contributed by atoms with van der Waals surface area (Å²) in [5.74, 6) is 1.29. The van der Waals surface area contributed by atoms with Gasteiger partial charge in [-0.3, -0.25) is 4.31 Å². The third kappa shape index (κ3) is 3.18. The maximum Gasteiger partial charge on any atom is 0.335 e. The predicted molar refractivity (Wildman–Crippen MR) is 103 cm³/mol. The maximum absolute atomic E-state index is 12.9. The molecule has 3 heterocycles. The zero-order chi connectivity index (χ0) is 19.7. The van der Waals surface area contributed by atoms with E-state index < -0.39 is 10.2 Å². The zero-order valence-electron chi connectivity index (χ0n) is 15.3. The van der Waals surface area contributed by atoms with Gasteiger partial charge in [0.15, 0.2) is 11.3 Å². The normalized spacial score (nSPS) is 16.4. The third-order valence-electron chi connectivity index (χ3n) is 4.21. The first-order valence-corrected chi connectivity index (χ1v) is 10.1. The Hall–Kier alpha value is -3.05. The second-order valence-corrected chi connectivity index (χ2v) is 7.67. The first kappa shape index (κ1) is 18.3. The van der Waals surface area contributed by atoms with Gasteiger partial charge in [0, 0.05) is 25.4 Å². The standard InChI is InChI=1S/C17H19N5O5S/c1-3-25-17-14-5-4-13(11-15(14)26-20-17)27-22-9-8-21(28(22,23)24)12-6-7-19-16(10-12)18-2/h4-7,10-11H,3,8-9H2,1-2H3,(H,18,19). The second kappa shape index (κ2) is 7.17. The highest BCUT2D eigenvalue weighted by molar-refractivity contribution is 7.90. The van der Waals surface area contributed by atoms with Crippen LogP contribution in [0.2, 0.25) is 0 Å². The molecule has 1 N–H and O–H groups in total. The summed E-state index contributed by atoms with van der Waals surface area (Å²) in [6.07, 6.45) is 1.55. The van der Waals surface area contributed by atoms with Crippen molar-refractivity contribution < 1.29 is 22.5 Å². The van der Waals surface area contributed by atoms with Gasteiger partial charge in [0.2, 0.25) is 0 Å². The van der Waals surface area contributed by atoms with Crippen molar-refractivity contribution in [1.82, 2.24) is 14.6 Å². The molecule has 0 bridgehead atoms. The topological polar surface area (TPSA) is 110 Å². The quantitative estimate of drug-likeness (QED) is 0.663. The molecule has 1 aliphatic heterocycles. The molecular formula is C17H19N5O5S. The van der Waals surface area contributed by atoms with Gasteiger partial charge in [-0.1, -0.05) is 0 Å². The number of fused-ring (bicyclic) bond motifs is 1. The molecule has 2 aromatic heterocycles. The molecule has 0 amide bonds. The molecule has 0 aliphatic carbocycles. The summed E-state index contributed by atoms with van der Waals surface area (Å²) in [5.41, 5.74) is 0.958. The van der Waals surface area contributed by atoms with E-state index in [4.69, 9.17) is 14.1 Å². The molecule has 1 aromatic carbocycles. The average molecular weight is 405 g/mol. The van der Waals surface area contributed by atoms with E-state index in [1.165, 1.54) is 4.31 Å². The number of nitrogens with zero attached hydrogens (tertiary/aromatic N) is 4. The molecule has 0 atom stereocenters. The summed E-state index contributed by atoms with van der Waals surface area (Å²) in [6, 6.07) is 8.24. The van der Waals surface area contributed by atoms with Gasteiger partial charge < -0.3 is 19.4 Å². The Morgan fingerprint density at radius 1 is 1.25 bits per heavy atom. The van der Waals surface area contributed by atoms with Crippen molar-refractivity contribution in [3.8, 4) is 11.6 Å². The summed E-state index contributed by atoms with van der Waals surface area (Å²) in [7, 11) is -2.12. The Balaban J connectivity index is 1.56. The Morgan fingerprint density at radius 2 is 2.11 bits per heavy atom. The molecule has 1 aliphatic rings. The number of nitrogens with one attached hydrogen (secondary N) is 1. The van der Waals surface area contributed by atoms with E-state index >= 15 is 0 Å². The fourth-order valence-corrected chi connectivity index (χ4v) is 4.29. The van der Waals surface area contributed by atoms with Crippen LogP contribution in [0.5, 0.6) is 11.6 Å². The van der Waals surface area contributed by atoms with Gasteiger partial charge in [-0.05, 0) is 34.7 Å². The largest absolute Gasteiger partial charge is 0.475 e. The number of pyridine rings is 1. The van der Waals surface area contributed by atoms with Gasteiger partial charge in [-0.2, -0.15) is 8.42 Å². The first-order valence-electron chi connectivity index (χ1n) is 8.67. The van der Waals surface area contributed by atoms with Crippen LogP contribution in [0, 0.1) is 0 Å². The molecule has 0 spiro atoms. The fourth-order valence-electron chi connectivity index (χ4n) is 2.89. The minimum Gasteiger partial charge on any atom is -0.475 e. The lowest BCUT2D eigenvalue weighted by Gasteiger charge is -2.20. The Morgan fingerprint density at radius 3 is 2.89 bits per heavy atom. The summed E-state index contributed by atoms with van der Waals surface area (Å²) < 4.78 is 38.6. The Kier molecular flexibility index (Phi) is 4.69. The average Bonchev–Trinajstić information content (AvgIpc) is 3.22. The van der Waals surface area contributed by atoms with Crippen molar-refractivity contribution in [3.63, 3.8) is 0 Å². The first-order chi connectivity index (χ1) is 13.5. The van der Waals surface area contributed by atoms with Gasteiger partial charge in [0.1, 0.15) is 5.82 Å². The van der Waals surface area contributed by atoms with Crippen LogP contribution in [-0.4, -0.2) is 49.8 Å². The molecule has 3 aromatic rings. The number of hydrogen-bond donors (Lipinski definition) is 1. The summed E-state index contributed by atoms with van der Waals surface area (Å²) in [6.45, 7) is 2.75. The number of benzene rings is 1. The van der Waals surface area contributed by atoms with Gasteiger partial charge in [-0.25, -0.2) is 4.98 Å². The lowest BCUT2D eigenvalue weighted by molar-refractivity contribution is 0.0489. The van der Waals surface area contributed by atoms with Crippen molar-refractivity contribution in [1.29, 1.82) is 0 Å². The van der Waals surface area contributed by atoms with Crippen LogP contribution >= 0.6 is 0 Å². The lowest BCUT2D eigenvalue weighted by atomic mass is 10.2. The number of hydrogen-bond acceptors (Lipinski definition) is 8. The zero-order valence-corrected chi connectivity index (χ0v) is 16.1. The highest BCUT2D eigenvalue weighted by Gasteiger charge is 2.39. The number of hydroxylamine groups is 1. The van der Waals surface area contributed by atoms with E-state index in [2.05, 4.69) is 15.5 Å². The van der Waals surface area contributed by atoms with Crippen molar-refractivity contribution in [2.75, 3.05) is 36.4 Å². The SMILES string of the molecule is CCOc1noc2cc(ON3CCN(c4ccnc(NC)c4)S3(=O)=O)ccc12. The van der Waals surface area contributed by atoms with E-state index in [0.29, 0.717) is 40.7 Å². The highest BCUT2D eigenvalue weighted by atomic mass is 32.2. The van der Waals surface area contributed by atoms with Crippen molar-refractivity contribution in [2.45, 2.75) is 6.92 Å². The van der Waals surface area contributed by atoms with Gasteiger partial charge in [0.25, 0.3) is 5.88 Å². The smallest absolute Gasteiger partial charge is 0.335 e. The lowest BCUT2D eigenvalue weighted by Crippen LogP contribution is -2.35. The Bertz CT molecular complexity index is 1100. The number of ether oxygens (including phenoxy) is 1. The minimum atomic E-state index is -3.84. The van der Waals surface area contributed by atoms with E-state index in [1.54, 1.807) is 43.6 Å². The van der Waals surface area contributed by atoms with Crippen LogP contribution in [0.15, 0.2) is 41.1 Å². The van der Waals surface area contributed by atoms with Crippen LogP contribution in [0.4, 0.5) is 11.5 Å². The second-order valence-electron chi connectivity index (χ2n) is 5.93. The Labute approximate surface area is 161 Å². The van der Waals surface area contributed by atoms with Crippen molar-refractivity contribution >= 4 is 32.7 Å². The van der Waals surface area contributed by atoms with E-state index in [9.17, 15) is 8.42 Å². The van der Waals surface area contributed by atoms with E-state index in [1.807, 2.05) is 6.92 Å². The minimum absolute atomic E-state index is 0.179. The van der Waals surface area contributed by atoms with E-state index in [-0.39, 0.29) is 13.1 Å². The number of aromatic nitrogens is 2. The van der Waals surface area contributed by atoms with Crippen LogP contribution in [0.3, 0.4) is 0 Å². The third-order valence-corrected chi connectivity index (χ3v) is 5.93. The molecule has 11 heteroatoms. The van der Waals surface area contributed by atoms with Crippen LogP contribution < -0.4 is 19.2 Å². The molecular weight excluding hydrogens is 386 g/mol. The van der Waals surface area contributed by atoms with Gasteiger partial charge in [-0.15, -0.1) is 0 Å². The highest BCUT2D eigenvalue weighted by Crippen LogP contribution is 2.31. The van der Waals surface area contributed by atoms with Crippen LogP contribution in [0.25, 0.3) is 11.0 Å². The molecule has 1 saturated heterocycles. The fraction of sp³-hybridized carbons (Fsp3) is 0.294. The molecule has 0 radical (unpaired) electrons. The van der Waals surface area contributed by atoms with Crippen molar-refractivity contribution in [2.24, 2.45) is 0 Å². The maximum atomic E-state index is 12.9. The summed E-state index contributed by atoms with van der Waals surface area (Å²) in [5, 5.41) is 7.43. The molecule has 0 unspecified atom stereocenters. The predicted octanol–water partition coefficient (Wildman–Crippen LogP) is 2.02. The molecule has 4 rings (SSSR count). The van der Waals surface area contributed by atoms with Crippen LogP contribution in [-0.2, 0) is 10.2 Å². The number of rotatable bonds is 6. The molecule has 0 saturated carbocycles. The molecule has 1 fully saturated rings. The van der Waals surface area contributed by atoms with Gasteiger partial charge >= 0.3 is 10.2 Å². The summed E-state index contributed by atoms with van der Waals surface area (Å²) >= 11 is 0. The number of anilines is 2. The van der Waals surface area contributed by atoms with E-state index in [0.717, 1.165) is 4.47 Å².